The Balaban J connectivity index is 4.55. The summed E-state index contributed by atoms with van der Waals surface area (Å²) in [6, 6.07) is 0. The van der Waals surface area contributed by atoms with Crippen molar-refractivity contribution in [3.63, 3.8) is 0 Å². The van der Waals surface area contributed by atoms with Gasteiger partial charge in [0.05, 0.1) is 5.57 Å². The number of allylic oxidation sites excluding steroid dienone is 1. The van der Waals surface area contributed by atoms with E-state index in [0.717, 1.165) is 0 Å². The molecule has 0 radical (unpaired) electrons. The van der Waals surface area contributed by atoms with Crippen LogP contribution in [-0.4, -0.2) is 11.9 Å². The number of hydrogen-bond acceptors (Lipinski definition) is 3. The zero-order valence-corrected chi connectivity index (χ0v) is 8.01. The van der Waals surface area contributed by atoms with Gasteiger partial charge in [0.25, 0.3) is 0 Å². The second kappa shape index (κ2) is 4.45. The molecule has 2 N–H and O–H groups in total. The number of rotatable bonds is 3. The minimum Gasteiger partial charge on any atom is -0.428 e. The minimum absolute atomic E-state index is 0.209. The molecule has 0 saturated heterocycles. The van der Waals surface area contributed by atoms with Crippen LogP contribution in [0.2, 0.25) is 0 Å². The molecule has 0 spiro atoms. The zero-order valence-electron chi connectivity index (χ0n) is 8.01. The maximum absolute atomic E-state index is 11.0. The summed E-state index contributed by atoms with van der Waals surface area (Å²) in [5.41, 5.74) is 5.48. The first-order valence-electron chi connectivity index (χ1n) is 3.71. The van der Waals surface area contributed by atoms with Crippen molar-refractivity contribution >= 4 is 11.9 Å². The van der Waals surface area contributed by atoms with Crippen LogP contribution in [0.25, 0.3) is 0 Å². The van der Waals surface area contributed by atoms with E-state index >= 15 is 0 Å². The quantitative estimate of drug-likeness (QED) is 0.401. The number of ether oxygens (including phenoxy) is 1. The van der Waals surface area contributed by atoms with E-state index in [4.69, 9.17) is 10.5 Å². The Morgan fingerprint density at radius 1 is 1.23 bits per heavy atom. The molecule has 0 aliphatic carbocycles. The molecule has 0 heterocycles. The molecule has 1 amide bonds. The van der Waals surface area contributed by atoms with Crippen molar-refractivity contribution in [1.82, 2.24) is 0 Å². The van der Waals surface area contributed by atoms with E-state index in [1.807, 2.05) is 0 Å². The lowest BCUT2D eigenvalue weighted by Crippen LogP contribution is -2.15. The Hall–Kier alpha value is -1.58. The van der Waals surface area contributed by atoms with Gasteiger partial charge in [-0.05, 0) is 20.8 Å². The maximum atomic E-state index is 11.0. The second-order valence-electron chi connectivity index (χ2n) is 2.72. The lowest BCUT2D eigenvalue weighted by Gasteiger charge is -2.05. The highest BCUT2D eigenvalue weighted by atomic mass is 16.5. The predicted octanol–water partition coefficient (Wildman–Crippen LogP) is 0.885. The molecule has 0 aliphatic heterocycles. The third kappa shape index (κ3) is 3.55. The van der Waals surface area contributed by atoms with E-state index in [9.17, 15) is 9.59 Å². The fourth-order valence-electron chi connectivity index (χ4n) is 0.476. The number of primary amides is 1. The van der Waals surface area contributed by atoms with Crippen LogP contribution in [0.1, 0.15) is 20.8 Å². The fourth-order valence-corrected chi connectivity index (χ4v) is 0.476. The molecule has 0 bridgehead atoms. The van der Waals surface area contributed by atoms with Gasteiger partial charge in [-0.15, -0.1) is 0 Å². The monoisotopic (exact) mass is 183 g/mol. The molecule has 72 valence electrons. The number of amides is 1. The van der Waals surface area contributed by atoms with Crippen LogP contribution in [0.4, 0.5) is 0 Å². The first-order valence-corrected chi connectivity index (χ1v) is 3.71. The number of carbonyl (C=O) groups excluding carboxylic acids is 2. The molecule has 0 unspecified atom stereocenters. The van der Waals surface area contributed by atoms with E-state index in [0.29, 0.717) is 0 Å². The topological polar surface area (TPSA) is 69.4 Å². The Labute approximate surface area is 77.1 Å². The summed E-state index contributed by atoms with van der Waals surface area (Å²) in [5.74, 6) is -0.953. The number of carbonyl (C=O) groups is 2. The largest absolute Gasteiger partial charge is 0.428 e. The lowest BCUT2D eigenvalue weighted by atomic mass is 10.2. The minimum atomic E-state index is -0.605. The number of esters is 1. The highest BCUT2D eigenvalue weighted by molar-refractivity contribution is 5.93. The van der Waals surface area contributed by atoms with E-state index in [-0.39, 0.29) is 16.9 Å². The van der Waals surface area contributed by atoms with Gasteiger partial charge in [0.2, 0.25) is 5.91 Å². The van der Waals surface area contributed by atoms with E-state index in [2.05, 4.69) is 6.58 Å². The third-order valence-corrected chi connectivity index (χ3v) is 1.49. The molecule has 0 aromatic heterocycles. The molecule has 0 rings (SSSR count). The van der Waals surface area contributed by atoms with Gasteiger partial charge in [-0.3, -0.25) is 4.79 Å². The van der Waals surface area contributed by atoms with Gasteiger partial charge in [-0.2, -0.15) is 0 Å². The summed E-state index contributed by atoms with van der Waals surface area (Å²) in [6.07, 6.45) is 0. The fraction of sp³-hybridized carbons (Fsp3) is 0.333. The maximum Gasteiger partial charge on any atom is 0.338 e. The zero-order chi connectivity index (χ0) is 10.6. The molecule has 0 saturated carbocycles. The Morgan fingerprint density at radius 3 is 2.00 bits per heavy atom. The van der Waals surface area contributed by atoms with Crippen LogP contribution in [0.15, 0.2) is 23.5 Å². The molecule has 0 aromatic carbocycles. The van der Waals surface area contributed by atoms with E-state index in [1.165, 1.54) is 20.8 Å². The normalized spacial score (nSPS) is 11.6. The summed E-state index contributed by atoms with van der Waals surface area (Å²) in [6.45, 7) is 7.91. The smallest absolute Gasteiger partial charge is 0.338 e. The summed E-state index contributed by atoms with van der Waals surface area (Å²) >= 11 is 0. The standard InChI is InChI=1S/C9H13NO3/c1-5(2)9(12)13-7(4)6(3)8(10)11/h1H2,2-4H3,(H2,10,11)/b7-6-. The van der Waals surface area contributed by atoms with Crippen LogP contribution < -0.4 is 5.73 Å². The van der Waals surface area contributed by atoms with Crippen LogP contribution in [0.3, 0.4) is 0 Å². The first kappa shape index (κ1) is 11.4. The Kier molecular flexibility index (Phi) is 3.91. The van der Waals surface area contributed by atoms with E-state index in [1.54, 1.807) is 0 Å². The molecule has 0 atom stereocenters. The third-order valence-electron chi connectivity index (χ3n) is 1.49. The van der Waals surface area contributed by atoms with Crippen molar-refractivity contribution in [2.24, 2.45) is 5.73 Å². The molecule has 13 heavy (non-hydrogen) atoms. The molecular weight excluding hydrogens is 170 g/mol. The van der Waals surface area contributed by atoms with Crippen LogP contribution >= 0.6 is 0 Å². The highest BCUT2D eigenvalue weighted by Gasteiger charge is 2.09. The predicted molar refractivity (Wildman–Crippen MR) is 48.5 cm³/mol. The van der Waals surface area contributed by atoms with Crippen molar-refractivity contribution in [2.75, 3.05) is 0 Å². The van der Waals surface area contributed by atoms with Gasteiger partial charge in [0, 0.05) is 5.57 Å². The van der Waals surface area contributed by atoms with Gasteiger partial charge >= 0.3 is 5.97 Å². The van der Waals surface area contributed by atoms with Crippen LogP contribution in [-0.2, 0) is 14.3 Å². The average molecular weight is 183 g/mol. The molecule has 0 fully saturated rings. The SMILES string of the molecule is C=C(C)C(=O)O/C(C)=C(/C)C(N)=O. The van der Waals surface area contributed by atoms with Gasteiger partial charge in [0.15, 0.2) is 0 Å². The summed E-state index contributed by atoms with van der Waals surface area (Å²) in [4.78, 5) is 21.6. The van der Waals surface area contributed by atoms with Gasteiger partial charge in [-0.25, -0.2) is 4.79 Å². The highest BCUT2D eigenvalue weighted by Crippen LogP contribution is 2.06. The van der Waals surface area contributed by atoms with Gasteiger partial charge in [0.1, 0.15) is 5.76 Å². The van der Waals surface area contributed by atoms with Gasteiger partial charge < -0.3 is 10.5 Å². The molecule has 4 nitrogen and oxygen atoms in total. The van der Waals surface area contributed by atoms with E-state index < -0.39 is 11.9 Å². The summed E-state index contributed by atoms with van der Waals surface area (Å²) in [7, 11) is 0. The Bertz CT molecular complexity index is 289. The molecule has 0 aliphatic rings. The van der Waals surface area contributed by atoms with Crippen molar-refractivity contribution < 1.29 is 14.3 Å². The van der Waals surface area contributed by atoms with Crippen molar-refractivity contribution in [1.29, 1.82) is 0 Å². The van der Waals surface area contributed by atoms with Crippen molar-refractivity contribution in [3.8, 4) is 0 Å². The summed E-state index contributed by atoms with van der Waals surface area (Å²) < 4.78 is 4.78. The van der Waals surface area contributed by atoms with Crippen molar-refractivity contribution in [3.05, 3.63) is 23.5 Å². The molecular formula is C9H13NO3. The van der Waals surface area contributed by atoms with Crippen LogP contribution in [0, 0.1) is 0 Å². The molecule has 0 aromatic rings. The number of hydrogen-bond donors (Lipinski definition) is 1. The van der Waals surface area contributed by atoms with Crippen LogP contribution in [0.5, 0.6) is 0 Å². The van der Waals surface area contributed by atoms with Crippen molar-refractivity contribution in [2.45, 2.75) is 20.8 Å². The van der Waals surface area contributed by atoms with Gasteiger partial charge in [-0.1, -0.05) is 6.58 Å². The molecule has 4 heteroatoms. The average Bonchev–Trinajstić information content (AvgIpc) is 2.02. The second-order valence-corrected chi connectivity index (χ2v) is 2.72. The lowest BCUT2D eigenvalue weighted by molar-refractivity contribution is -0.134. The Morgan fingerprint density at radius 2 is 1.69 bits per heavy atom. The first-order chi connectivity index (χ1) is 5.86. The summed E-state index contributed by atoms with van der Waals surface area (Å²) in [5, 5.41) is 0. The number of nitrogens with two attached hydrogens (primary N) is 1.